The summed E-state index contributed by atoms with van der Waals surface area (Å²) in [4.78, 5) is 37.7. The van der Waals surface area contributed by atoms with Gasteiger partial charge in [0.2, 0.25) is 5.91 Å². The molecule has 1 aliphatic rings. The molecule has 0 fully saturated rings. The molecule has 0 bridgehead atoms. The lowest BCUT2D eigenvalue weighted by atomic mass is 10.1. The second kappa shape index (κ2) is 7.90. The molecule has 0 aromatic heterocycles. The third-order valence-electron chi connectivity index (χ3n) is 4.54. The molecule has 7 nitrogen and oxygen atoms in total. The van der Waals surface area contributed by atoms with Crippen LogP contribution in [0.25, 0.3) is 0 Å². The van der Waals surface area contributed by atoms with Gasteiger partial charge in [0.1, 0.15) is 18.4 Å². The summed E-state index contributed by atoms with van der Waals surface area (Å²) in [7, 11) is 0. The van der Waals surface area contributed by atoms with Gasteiger partial charge in [0, 0.05) is 17.5 Å². The van der Waals surface area contributed by atoms with Gasteiger partial charge in [0.05, 0.1) is 6.54 Å². The predicted octanol–water partition coefficient (Wildman–Crippen LogP) is 1.73. The van der Waals surface area contributed by atoms with Crippen molar-refractivity contribution in [3.05, 3.63) is 65.2 Å². The molecule has 0 radical (unpaired) electrons. The highest BCUT2D eigenvalue weighted by molar-refractivity contribution is 6.01. The van der Waals surface area contributed by atoms with E-state index in [0.29, 0.717) is 11.1 Å². The molecule has 27 heavy (non-hydrogen) atoms. The zero-order valence-corrected chi connectivity index (χ0v) is 14.6. The van der Waals surface area contributed by atoms with Crippen molar-refractivity contribution in [2.45, 2.75) is 32.0 Å². The minimum Gasteiger partial charge on any atom is -0.508 e. The first kappa shape index (κ1) is 18.4. The summed E-state index contributed by atoms with van der Waals surface area (Å²) in [5, 5.41) is 9.91. The van der Waals surface area contributed by atoms with Gasteiger partial charge >= 0.3 is 5.97 Å². The van der Waals surface area contributed by atoms with Crippen molar-refractivity contribution in [1.82, 2.24) is 4.90 Å². The van der Waals surface area contributed by atoms with Crippen LogP contribution in [0.2, 0.25) is 0 Å². The molecular weight excluding hydrogens is 348 g/mol. The Morgan fingerprint density at radius 2 is 1.89 bits per heavy atom. The van der Waals surface area contributed by atoms with Crippen molar-refractivity contribution in [2.24, 2.45) is 5.73 Å². The number of amides is 2. The van der Waals surface area contributed by atoms with E-state index in [0.717, 1.165) is 5.56 Å². The molecule has 0 saturated carbocycles. The van der Waals surface area contributed by atoms with Crippen LogP contribution in [0.1, 0.15) is 34.3 Å². The number of aromatic hydroxyl groups is 1. The molecule has 2 aromatic rings. The summed E-state index contributed by atoms with van der Waals surface area (Å²) < 4.78 is 5.19. The Bertz CT molecular complexity index is 866. The molecule has 2 amide bonds. The van der Waals surface area contributed by atoms with Gasteiger partial charge in [0.25, 0.3) is 5.91 Å². The summed E-state index contributed by atoms with van der Waals surface area (Å²) in [5.74, 6) is -1.57. The average Bonchev–Trinajstić information content (AvgIpc) is 2.99. The number of nitrogens with zero attached hydrogens (tertiary/aromatic N) is 1. The van der Waals surface area contributed by atoms with Gasteiger partial charge in [-0.25, -0.2) is 0 Å². The number of hydrogen-bond donors (Lipinski definition) is 2. The molecule has 0 aliphatic carbocycles. The zero-order chi connectivity index (χ0) is 19.4. The number of nitrogens with two attached hydrogens (primary N) is 1. The van der Waals surface area contributed by atoms with E-state index in [1.54, 1.807) is 12.1 Å². The molecular formula is C20H20N2O5. The number of fused-ring (bicyclic) bond motifs is 1. The lowest BCUT2D eigenvalue weighted by Crippen LogP contribution is -2.45. The number of ether oxygens (including phenoxy) is 1. The van der Waals surface area contributed by atoms with E-state index in [1.807, 2.05) is 30.3 Å². The van der Waals surface area contributed by atoms with Gasteiger partial charge in [-0.1, -0.05) is 36.4 Å². The minimum absolute atomic E-state index is 0.00570. The van der Waals surface area contributed by atoms with Gasteiger partial charge in [-0.05, 0) is 24.1 Å². The highest BCUT2D eigenvalue weighted by atomic mass is 16.5. The van der Waals surface area contributed by atoms with Gasteiger partial charge in [-0.3, -0.25) is 14.4 Å². The Morgan fingerprint density at radius 3 is 2.56 bits per heavy atom. The van der Waals surface area contributed by atoms with Crippen molar-refractivity contribution in [2.75, 3.05) is 0 Å². The second-order valence-electron chi connectivity index (χ2n) is 6.34. The maximum absolute atomic E-state index is 12.5. The fraction of sp³-hybridized carbons (Fsp3) is 0.250. The number of benzene rings is 2. The normalized spacial score (nSPS) is 13.9. The third kappa shape index (κ3) is 4.08. The summed E-state index contributed by atoms with van der Waals surface area (Å²) in [6.07, 6.45) is 0.00992. The van der Waals surface area contributed by atoms with Gasteiger partial charge in [0.15, 0.2) is 0 Å². The lowest BCUT2D eigenvalue weighted by Gasteiger charge is -2.24. The van der Waals surface area contributed by atoms with E-state index in [9.17, 15) is 19.5 Å². The molecule has 3 N–H and O–H groups in total. The molecule has 1 atom stereocenters. The van der Waals surface area contributed by atoms with Gasteiger partial charge in [-0.15, -0.1) is 0 Å². The first-order chi connectivity index (χ1) is 13.0. The van der Waals surface area contributed by atoms with Crippen LogP contribution < -0.4 is 5.73 Å². The fourth-order valence-electron chi connectivity index (χ4n) is 3.11. The van der Waals surface area contributed by atoms with Crippen molar-refractivity contribution in [3.8, 4) is 5.75 Å². The monoisotopic (exact) mass is 368 g/mol. The summed E-state index contributed by atoms with van der Waals surface area (Å²) in [5.41, 5.74) is 7.11. The standard InChI is InChI=1S/C20H20N2O5/c21-19(25)16(9-10-18(24)27-12-13-5-2-1-3-6-13)22-11-15-14(20(22)26)7-4-8-17(15)23/h1-8,16,23H,9-12H2,(H2,21,25). The van der Waals surface area contributed by atoms with E-state index in [-0.39, 0.29) is 37.6 Å². The second-order valence-corrected chi connectivity index (χ2v) is 6.34. The number of hydrogen-bond acceptors (Lipinski definition) is 5. The fourth-order valence-corrected chi connectivity index (χ4v) is 3.11. The average molecular weight is 368 g/mol. The smallest absolute Gasteiger partial charge is 0.306 e. The van der Waals surface area contributed by atoms with E-state index < -0.39 is 17.9 Å². The lowest BCUT2D eigenvalue weighted by molar-refractivity contribution is -0.145. The van der Waals surface area contributed by atoms with Crippen molar-refractivity contribution >= 4 is 17.8 Å². The molecule has 3 rings (SSSR count). The highest BCUT2D eigenvalue weighted by Gasteiger charge is 2.36. The van der Waals surface area contributed by atoms with E-state index in [4.69, 9.17) is 10.5 Å². The highest BCUT2D eigenvalue weighted by Crippen LogP contribution is 2.32. The first-order valence-electron chi connectivity index (χ1n) is 8.58. The molecule has 1 heterocycles. The quantitative estimate of drug-likeness (QED) is 0.723. The van der Waals surface area contributed by atoms with E-state index >= 15 is 0 Å². The van der Waals surface area contributed by atoms with Crippen molar-refractivity contribution in [1.29, 1.82) is 0 Å². The van der Waals surface area contributed by atoms with Crippen molar-refractivity contribution < 1.29 is 24.2 Å². The van der Waals surface area contributed by atoms with Crippen LogP contribution >= 0.6 is 0 Å². The van der Waals surface area contributed by atoms with Crippen LogP contribution in [0.15, 0.2) is 48.5 Å². The molecule has 2 aromatic carbocycles. The minimum atomic E-state index is -0.950. The van der Waals surface area contributed by atoms with Crippen LogP contribution in [0.3, 0.4) is 0 Å². The molecule has 1 aliphatic heterocycles. The maximum Gasteiger partial charge on any atom is 0.306 e. The Hall–Kier alpha value is -3.35. The third-order valence-corrected chi connectivity index (χ3v) is 4.54. The number of esters is 1. The number of phenolic OH excluding ortho intramolecular Hbond substituents is 1. The molecule has 140 valence electrons. The number of carbonyl (C=O) groups excluding carboxylic acids is 3. The van der Waals surface area contributed by atoms with Crippen LogP contribution in [-0.4, -0.2) is 33.8 Å². The van der Waals surface area contributed by atoms with Crippen LogP contribution in [0.4, 0.5) is 0 Å². The number of primary amides is 1. The topological polar surface area (TPSA) is 110 Å². The summed E-state index contributed by atoms with van der Waals surface area (Å²) in [6.45, 7) is 0.219. The molecule has 1 unspecified atom stereocenters. The Morgan fingerprint density at radius 1 is 1.15 bits per heavy atom. The summed E-state index contributed by atoms with van der Waals surface area (Å²) >= 11 is 0. The Kier molecular flexibility index (Phi) is 5.40. The molecule has 0 spiro atoms. The Labute approximate surface area is 156 Å². The molecule has 0 saturated heterocycles. The van der Waals surface area contributed by atoms with Crippen molar-refractivity contribution in [3.63, 3.8) is 0 Å². The van der Waals surface area contributed by atoms with Gasteiger partial charge < -0.3 is 20.5 Å². The first-order valence-corrected chi connectivity index (χ1v) is 8.58. The van der Waals surface area contributed by atoms with Crippen LogP contribution in [0, 0.1) is 0 Å². The van der Waals surface area contributed by atoms with E-state index in [1.165, 1.54) is 11.0 Å². The largest absolute Gasteiger partial charge is 0.508 e. The van der Waals surface area contributed by atoms with Crippen LogP contribution in [0.5, 0.6) is 5.75 Å². The van der Waals surface area contributed by atoms with E-state index in [2.05, 4.69) is 0 Å². The van der Waals surface area contributed by atoms with Gasteiger partial charge in [-0.2, -0.15) is 0 Å². The Balaban J connectivity index is 1.60. The van der Waals surface area contributed by atoms with Crippen LogP contribution in [-0.2, 0) is 27.5 Å². The number of carbonyl (C=O) groups is 3. The predicted molar refractivity (Wildman–Crippen MR) is 96.4 cm³/mol. The zero-order valence-electron chi connectivity index (χ0n) is 14.6. The number of rotatable bonds is 7. The summed E-state index contributed by atoms with van der Waals surface area (Å²) in [6, 6.07) is 12.9. The number of phenols is 1. The SMILES string of the molecule is NC(=O)C(CCC(=O)OCc1ccccc1)N1Cc2c(O)cccc2C1=O. The molecule has 7 heteroatoms. The maximum atomic E-state index is 12.5.